The number of benzene rings is 3. The predicted molar refractivity (Wildman–Crippen MR) is 137 cm³/mol. The number of aromatic amines is 1. The standard InChI is InChI=1S/C28H25FN4O2/c1-16(2)26(28(35)31-19-9-12-25-24(14-19)30-15-33(25)3)20-10-11-23(32-27(20)34)18-8-7-17-5-4-6-22(29)21(17)13-18/h4-16,26H,1-3H3,(H,31,35)(H,32,34). The van der Waals surface area contributed by atoms with E-state index >= 15 is 0 Å². The van der Waals surface area contributed by atoms with Gasteiger partial charge < -0.3 is 14.9 Å². The van der Waals surface area contributed by atoms with E-state index in [0.717, 1.165) is 16.4 Å². The summed E-state index contributed by atoms with van der Waals surface area (Å²) in [5.74, 6) is -1.35. The zero-order valence-electron chi connectivity index (χ0n) is 19.7. The molecule has 5 aromatic rings. The number of H-pyrrole nitrogens is 1. The van der Waals surface area contributed by atoms with Crippen LogP contribution in [0, 0.1) is 11.7 Å². The molecule has 0 radical (unpaired) electrons. The van der Waals surface area contributed by atoms with E-state index in [2.05, 4.69) is 15.3 Å². The molecule has 2 heterocycles. The Balaban J connectivity index is 1.45. The number of rotatable bonds is 5. The van der Waals surface area contributed by atoms with Crippen molar-refractivity contribution in [3.8, 4) is 11.3 Å². The zero-order valence-corrected chi connectivity index (χ0v) is 19.7. The third-order valence-electron chi connectivity index (χ3n) is 6.36. The van der Waals surface area contributed by atoms with Crippen LogP contribution >= 0.6 is 0 Å². The summed E-state index contributed by atoms with van der Waals surface area (Å²) in [6, 6.07) is 19.3. The van der Waals surface area contributed by atoms with E-state index in [0.29, 0.717) is 27.9 Å². The van der Waals surface area contributed by atoms with Crippen LogP contribution in [0.5, 0.6) is 0 Å². The number of nitrogens with one attached hydrogen (secondary N) is 2. The van der Waals surface area contributed by atoms with Gasteiger partial charge in [-0.05, 0) is 53.3 Å². The largest absolute Gasteiger partial charge is 0.334 e. The first-order valence-corrected chi connectivity index (χ1v) is 11.5. The highest BCUT2D eigenvalue weighted by Crippen LogP contribution is 2.28. The average Bonchev–Trinajstić information content (AvgIpc) is 3.20. The highest BCUT2D eigenvalue weighted by molar-refractivity contribution is 5.97. The van der Waals surface area contributed by atoms with Gasteiger partial charge in [-0.3, -0.25) is 9.59 Å². The third kappa shape index (κ3) is 4.21. The lowest BCUT2D eigenvalue weighted by Gasteiger charge is -2.20. The predicted octanol–water partition coefficient (Wildman–Crippen LogP) is 5.60. The number of anilines is 1. The summed E-state index contributed by atoms with van der Waals surface area (Å²) in [6.07, 6.45) is 1.72. The lowest BCUT2D eigenvalue weighted by atomic mass is 9.88. The lowest BCUT2D eigenvalue weighted by Crippen LogP contribution is -2.30. The second kappa shape index (κ2) is 8.83. The number of pyridine rings is 1. The van der Waals surface area contributed by atoms with Gasteiger partial charge in [0.05, 0.1) is 23.3 Å². The SMILES string of the molecule is CC(C)C(C(=O)Nc1ccc2c(c1)ncn2C)c1ccc(-c2ccc3cccc(F)c3c2)[nH]c1=O. The fourth-order valence-corrected chi connectivity index (χ4v) is 4.54. The number of fused-ring (bicyclic) bond motifs is 2. The molecule has 0 aliphatic rings. The number of carbonyl (C=O) groups is 1. The minimum absolute atomic E-state index is 0.115. The Bertz CT molecular complexity index is 1630. The quantitative estimate of drug-likeness (QED) is 0.352. The molecule has 1 atom stereocenters. The van der Waals surface area contributed by atoms with E-state index in [9.17, 15) is 14.0 Å². The summed E-state index contributed by atoms with van der Waals surface area (Å²) in [5, 5.41) is 4.21. The maximum absolute atomic E-state index is 14.3. The van der Waals surface area contributed by atoms with Gasteiger partial charge in [0.1, 0.15) is 5.82 Å². The number of halogens is 1. The number of nitrogens with zero attached hydrogens (tertiary/aromatic N) is 2. The molecule has 2 aromatic heterocycles. The molecule has 0 fully saturated rings. The van der Waals surface area contributed by atoms with Crippen LogP contribution in [-0.4, -0.2) is 20.4 Å². The molecule has 1 unspecified atom stereocenters. The maximum atomic E-state index is 14.3. The number of amides is 1. The van der Waals surface area contributed by atoms with Crippen LogP contribution in [0.1, 0.15) is 25.3 Å². The van der Waals surface area contributed by atoms with Crippen LogP contribution in [0.2, 0.25) is 0 Å². The first kappa shape index (κ1) is 22.5. The third-order valence-corrected chi connectivity index (χ3v) is 6.36. The van der Waals surface area contributed by atoms with Gasteiger partial charge in [-0.15, -0.1) is 0 Å². The normalized spacial score (nSPS) is 12.4. The minimum atomic E-state index is -0.652. The van der Waals surface area contributed by atoms with E-state index < -0.39 is 5.92 Å². The molecular weight excluding hydrogens is 443 g/mol. The van der Waals surface area contributed by atoms with Gasteiger partial charge in [0.25, 0.3) is 5.56 Å². The number of carbonyl (C=O) groups excluding carboxylic acids is 1. The molecule has 0 bridgehead atoms. The molecule has 7 heteroatoms. The van der Waals surface area contributed by atoms with Crippen molar-refractivity contribution in [1.82, 2.24) is 14.5 Å². The van der Waals surface area contributed by atoms with Crippen LogP contribution in [0.4, 0.5) is 10.1 Å². The van der Waals surface area contributed by atoms with Crippen LogP contribution in [0.15, 0.2) is 77.9 Å². The van der Waals surface area contributed by atoms with Crippen LogP contribution in [0.3, 0.4) is 0 Å². The van der Waals surface area contributed by atoms with Crippen molar-refractivity contribution < 1.29 is 9.18 Å². The summed E-state index contributed by atoms with van der Waals surface area (Å²) < 4.78 is 16.2. The van der Waals surface area contributed by atoms with E-state index in [1.165, 1.54) is 6.07 Å². The van der Waals surface area contributed by atoms with Gasteiger partial charge in [0.15, 0.2) is 0 Å². The van der Waals surface area contributed by atoms with E-state index in [1.807, 2.05) is 61.9 Å². The first-order valence-electron chi connectivity index (χ1n) is 11.5. The summed E-state index contributed by atoms with van der Waals surface area (Å²) in [7, 11) is 1.91. The Morgan fingerprint density at radius 1 is 1.06 bits per heavy atom. The summed E-state index contributed by atoms with van der Waals surface area (Å²) in [4.78, 5) is 33.6. The number of hydrogen-bond acceptors (Lipinski definition) is 3. The highest BCUT2D eigenvalue weighted by atomic mass is 19.1. The van der Waals surface area contributed by atoms with Gasteiger partial charge in [-0.25, -0.2) is 9.37 Å². The Hall–Kier alpha value is -4.26. The Labute approximate surface area is 201 Å². The molecule has 3 aromatic carbocycles. The Morgan fingerprint density at radius 2 is 1.89 bits per heavy atom. The van der Waals surface area contributed by atoms with E-state index in [1.54, 1.807) is 30.6 Å². The van der Waals surface area contributed by atoms with Gasteiger partial charge in [-0.2, -0.15) is 0 Å². The molecule has 1 amide bonds. The van der Waals surface area contributed by atoms with Crippen LogP contribution in [-0.2, 0) is 11.8 Å². The lowest BCUT2D eigenvalue weighted by molar-refractivity contribution is -0.118. The molecule has 5 rings (SSSR count). The van der Waals surface area contributed by atoms with Gasteiger partial charge >= 0.3 is 0 Å². The number of imidazole rings is 1. The molecule has 0 aliphatic carbocycles. The Kier molecular flexibility index (Phi) is 5.68. The van der Waals surface area contributed by atoms with Crippen molar-refractivity contribution in [2.24, 2.45) is 13.0 Å². The van der Waals surface area contributed by atoms with Gasteiger partial charge in [0, 0.05) is 29.4 Å². The van der Waals surface area contributed by atoms with E-state index in [-0.39, 0.29) is 23.2 Å². The topological polar surface area (TPSA) is 79.8 Å². The van der Waals surface area contributed by atoms with Crippen molar-refractivity contribution in [3.05, 3.63) is 94.8 Å². The van der Waals surface area contributed by atoms with Crippen molar-refractivity contribution in [2.75, 3.05) is 5.32 Å². The van der Waals surface area contributed by atoms with Crippen molar-refractivity contribution in [1.29, 1.82) is 0 Å². The monoisotopic (exact) mass is 468 g/mol. The summed E-state index contributed by atoms with van der Waals surface area (Å²) in [5.41, 5.74) is 3.66. The average molecular weight is 469 g/mol. The molecule has 0 saturated carbocycles. The number of hydrogen-bond donors (Lipinski definition) is 2. The van der Waals surface area contributed by atoms with Gasteiger partial charge in [0.2, 0.25) is 5.91 Å². The van der Waals surface area contributed by atoms with Crippen molar-refractivity contribution >= 4 is 33.4 Å². The molecule has 0 spiro atoms. The zero-order chi connectivity index (χ0) is 24.7. The molecule has 35 heavy (non-hydrogen) atoms. The smallest absolute Gasteiger partial charge is 0.252 e. The fraction of sp³-hybridized carbons (Fsp3) is 0.179. The minimum Gasteiger partial charge on any atom is -0.334 e. The van der Waals surface area contributed by atoms with Crippen molar-refractivity contribution in [2.45, 2.75) is 19.8 Å². The molecular formula is C28H25FN4O2. The number of aromatic nitrogens is 3. The molecule has 2 N–H and O–H groups in total. The highest BCUT2D eigenvalue weighted by Gasteiger charge is 2.27. The Morgan fingerprint density at radius 3 is 2.66 bits per heavy atom. The van der Waals surface area contributed by atoms with Crippen LogP contribution in [0.25, 0.3) is 33.1 Å². The van der Waals surface area contributed by atoms with E-state index in [4.69, 9.17) is 0 Å². The fourth-order valence-electron chi connectivity index (χ4n) is 4.54. The molecule has 0 aliphatic heterocycles. The van der Waals surface area contributed by atoms with Crippen LogP contribution < -0.4 is 10.9 Å². The summed E-state index contributed by atoms with van der Waals surface area (Å²) in [6.45, 7) is 3.82. The number of aryl methyl sites for hydroxylation is 1. The molecule has 176 valence electrons. The molecule has 6 nitrogen and oxygen atoms in total. The second-order valence-electron chi connectivity index (χ2n) is 9.10. The summed E-state index contributed by atoms with van der Waals surface area (Å²) >= 11 is 0. The van der Waals surface area contributed by atoms with Gasteiger partial charge in [-0.1, -0.05) is 44.2 Å². The second-order valence-corrected chi connectivity index (χ2v) is 9.10. The maximum Gasteiger partial charge on any atom is 0.252 e. The first-order chi connectivity index (χ1) is 16.8. The van der Waals surface area contributed by atoms with Crippen molar-refractivity contribution in [3.63, 3.8) is 0 Å². The molecule has 0 saturated heterocycles.